The Morgan fingerprint density at radius 3 is 2.60 bits per heavy atom. The first-order valence-corrected chi connectivity index (χ1v) is 8.21. The van der Waals surface area contributed by atoms with E-state index in [0.29, 0.717) is 6.61 Å². The summed E-state index contributed by atoms with van der Waals surface area (Å²) in [7, 11) is 0. The monoisotopic (exact) mass is 285 g/mol. The van der Waals surface area contributed by atoms with E-state index < -0.39 is 5.97 Å². The Kier molecular flexibility index (Phi) is 8.86. The summed E-state index contributed by atoms with van der Waals surface area (Å²) in [6, 6.07) is 0. The van der Waals surface area contributed by atoms with Crippen molar-refractivity contribution in [2.24, 2.45) is 5.92 Å². The molecule has 1 unspecified atom stereocenters. The van der Waals surface area contributed by atoms with Crippen molar-refractivity contribution in [1.29, 1.82) is 0 Å². The van der Waals surface area contributed by atoms with Crippen LogP contribution in [0.2, 0.25) is 0 Å². The highest BCUT2D eigenvalue weighted by Gasteiger charge is 2.21. The molecule has 0 aromatic rings. The van der Waals surface area contributed by atoms with E-state index in [4.69, 9.17) is 9.84 Å². The fraction of sp³-hybridized carbons (Fsp3) is 0.938. The van der Waals surface area contributed by atoms with Crippen LogP contribution in [0.1, 0.15) is 58.8 Å². The van der Waals surface area contributed by atoms with Gasteiger partial charge in [0, 0.05) is 19.6 Å². The molecule has 1 heterocycles. The number of aliphatic carboxylic acids is 1. The second-order valence-corrected chi connectivity index (χ2v) is 5.93. The van der Waals surface area contributed by atoms with Crippen LogP contribution in [0, 0.1) is 5.92 Å². The highest BCUT2D eigenvalue weighted by atomic mass is 16.5. The topological polar surface area (TPSA) is 49.8 Å². The molecule has 118 valence electrons. The maximum Gasteiger partial charge on any atom is 0.305 e. The molecular formula is C16H31NO3. The van der Waals surface area contributed by atoms with Crippen LogP contribution in [0.5, 0.6) is 0 Å². The highest BCUT2D eigenvalue weighted by Crippen LogP contribution is 2.19. The van der Waals surface area contributed by atoms with Gasteiger partial charge >= 0.3 is 5.97 Å². The van der Waals surface area contributed by atoms with E-state index in [-0.39, 0.29) is 12.5 Å². The fourth-order valence-electron chi connectivity index (χ4n) is 2.85. The Hall–Kier alpha value is -0.610. The molecule has 4 nitrogen and oxygen atoms in total. The molecule has 1 atom stereocenters. The van der Waals surface area contributed by atoms with Gasteiger partial charge in [0.2, 0.25) is 0 Å². The van der Waals surface area contributed by atoms with Crippen molar-refractivity contribution in [3.8, 4) is 0 Å². The summed E-state index contributed by atoms with van der Waals surface area (Å²) in [5.41, 5.74) is 0. The zero-order valence-corrected chi connectivity index (χ0v) is 13.1. The van der Waals surface area contributed by atoms with Crippen molar-refractivity contribution in [2.75, 3.05) is 26.2 Å². The molecule has 0 spiro atoms. The van der Waals surface area contributed by atoms with E-state index in [9.17, 15) is 4.79 Å². The number of carboxylic acids is 1. The zero-order valence-electron chi connectivity index (χ0n) is 13.1. The van der Waals surface area contributed by atoms with Gasteiger partial charge < -0.3 is 14.7 Å². The molecule has 1 aliphatic heterocycles. The third kappa shape index (κ3) is 7.25. The normalized spacial score (nSPS) is 19.1. The minimum atomic E-state index is -0.774. The molecule has 20 heavy (non-hydrogen) atoms. The van der Waals surface area contributed by atoms with E-state index in [1.807, 2.05) is 0 Å². The van der Waals surface area contributed by atoms with Crippen LogP contribution in [-0.2, 0) is 9.53 Å². The number of unbranched alkanes of at least 4 members (excludes halogenated alkanes) is 1. The second kappa shape index (κ2) is 10.2. The van der Waals surface area contributed by atoms with E-state index >= 15 is 0 Å². The fourth-order valence-corrected chi connectivity index (χ4v) is 2.85. The van der Waals surface area contributed by atoms with Crippen molar-refractivity contribution >= 4 is 5.97 Å². The molecule has 0 bridgehead atoms. The van der Waals surface area contributed by atoms with Gasteiger partial charge in [0.15, 0.2) is 0 Å². The van der Waals surface area contributed by atoms with Crippen LogP contribution in [-0.4, -0.2) is 48.3 Å². The minimum absolute atomic E-state index is 0.120. The van der Waals surface area contributed by atoms with E-state index in [0.717, 1.165) is 31.8 Å². The molecule has 4 heteroatoms. The molecule has 1 N–H and O–H groups in total. The molecular weight excluding hydrogens is 254 g/mol. The van der Waals surface area contributed by atoms with Crippen LogP contribution in [0.25, 0.3) is 0 Å². The first-order valence-electron chi connectivity index (χ1n) is 8.21. The van der Waals surface area contributed by atoms with Crippen LogP contribution < -0.4 is 0 Å². The highest BCUT2D eigenvalue weighted by molar-refractivity contribution is 5.66. The Morgan fingerprint density at radius 1 is 1.35 bits per heavy atom. The number of likely N-dealkylation sites (tertiary alicyclic amines) is 1. The van der Waals surface area contributed by atoms with E-state index in [2.05, 4.69) is 18.7 Å². The molecule has 0 saturated carbocycles. The second-order valence-electron chi connectivity index (χ2n) is 5.93. The van der Waals surface area contributed by atoms with Gasteiger partial charge in [-0.15, -0.1) is 0 Å². The molecule has 0 aromatic carbocycles. The Bertz CT molecular complexity index is 262. The average molecular weight is 285 g/mol. The Balaban J connectivity index is 2.15. The van der Waals surface area contributed by atoms with Crippen molar-refractivity contribution in [2.45, 2.75) is 64.9 Å². The van der Waals surface area contributed by atoms with E-state index in [1.165, 1.54) is 32.2 Å². The van der Waals surface area contributed by atoms with Crippen LogP contribution in [0.3, 0.4) is 0 Å². The molecule has 1 saturated heterocycles. The predicted molar refractivity (Wildman–Crippen MR) is 81.0 cm³/mol. The summed E-state index contributed by atoms with van der Waals surface area (Å²) in [6.07, 6.45) is 7.73. The maximum absolute atomic E-state index is 10.4. The van der Waals surface area contributed by atoms with Crippen LogP contribution in [0.15, 0.2) is 0 Å². The minimum Gasteiger partial charge on any atom is -0.481 e. The summed E-state index contributed by atoms with van der Waals surface area (Å²) in [5.74, 6) is 0.0589. The molecule has 0 aromatic heterocycles. The van der Waals surface area contributed by atoms with Gasteiger partial charge in [-0.05, 0) is 25.2 Å². The zero-order chi connectivity index (χ0) is 14.8. The summed E-state index contributed by atoms with van der Waals surface area (Å²) < 4.78 is 5.63. The van der Waals surface area contributed by atoms with Gasteiger partial charge in [-0.1, -0.05) is 33.1 Å². The van der Waals surface area contributed by atoms with Gasteiger partial charge in [-0.25, -0.2) is 0 Å². The lowest BCUT2D eigenvalue weighted by atomic mass is 9.97. The number of carboxylic acid groups (broad SMARTS) is 1. The Labute approximate surface area is 123 Å². The molecule has 1 fully saturated rings. The van der Waals surface area contributed by atoms with E-state index in [1.54, 1.807) is 0 Å². The molecule has 0 amide bonds. The smallest absolute Gasteiger partial charge is 0.305 e. The van der Waals surface area contributed by atoms with Gasteiger partial charge in [0.25, 0.3) is 0 Å². The Morgan fingerprint density at radius 2 is 2.05 bits per heavy atom. The van der Waals surface area contributed by atoms with Gasteiger partial charge in [-0.2, -0.15) is 0 Å². The average Bonchev–Trinajstić information content (AvgIpc) is 2.44. The molecule has 1 rings (SSSR count). The number of hydrogen-bond donors (Lipinski definition) is 1. The first kappa shape index (κ1) is 17.4. The number of rotatable bonds is 10. The molecule has 0 aliphatic carbocycles. The lowest BCUT2D eigenvalue weighted by molar-refractivity contribution is -0.138. The van der Waals surface area contributed by atoms with Crippen LogP contribution in [0.4, 0.5) is 0 Å². The first-order chi connectivity index (χ1) is 9.65. The van der Waals surface area contributed by atoms with Gasteiger partial charge in [0.05, 0.1) is 19.1 Å². The number of nitrogens with zero attached hydrogens (tertiary/aromatic N) is 1. The molecule has 1 aliphatic rings. The summed E-state index contributed by atoms with van der Waals surface area (Å²) in [5, 5.41) is 8.59. The SMILES string of the molecule is CCCCC(CC)CN1CCC(OCCC(=O)O)CC1. The van der Waals surface area contributed by atoms with Crippen molar-refractivity contribution < 1.29 is 14.6 Å². The summed E-state index contributed by atoms with van der Waals surface area (Å²) >= 11 is 0. The number of carbonyl (C=O) groups is 1. The quantitative estimate of drug-likeness (QED) is 0.670. The van der Waals surface area contributed by atoms with Gasteiger partial charge in [0.1, 0.15) is 0 Å². The summed E-state index contributed by atoms with van der Waals surface area (Å²) in [4.78, 5) is 13.0. The van der Waals surface area contributed by atoms with Crippen molar-refractivity contribution in [3.63, 3.8) is 0 Å². The van der Waals surface area contributed by atoms with Gasteiger partial charge in [-0.3, -0.25) is 4.79 Å². The summed E-state index contributed by atoms with van der Waals surface area (Å²) in [6.45, 7) is 8.32. The third-order valence-electron chi connectivity index (χ3n) is 4.26. The van der Waals surface area contributed by atoms with Crippen molar-refractivity contribution in [3.05, 3.63) is 0 Å². The van der Waals surface area contributed by atoms with Crippen molar-refractivity contribution in [1.82, 2.24) is 4.90 Å². The largest absolute Gasteiger partial charge is 0.481 e. The number of piperidine rings is 1. The standard InChI is InChI=1S/C16H31NO3/c1-3-5-6-14(4-2)13-17-10-7-15(8-11-17)20-12-9-16(18)19/h14-15H,3-13H2,1-2H3,(H,18,19). The number of ether oxygens (including phenoxy) is 1. The predicted octanol–water partition coefficient (Wildman–Crippen LogP) is 3.16. The van der Waals surface area contributed by atoms with Crippen LogP contribution >= 0.6 is 0 Å². The third-order valence-corrected chi connectivity index (χ3v) is 4.26. The number of hydrogen-bond acceptors (Lipinski definition) is 3. The molecule has 0 radical (unpaired) electrons. The lowest BCUT2D eigenvalue weighted by Crippen LogP contribution is -2.39. The lowest BCUT2D eigenvalue weighted by Gasteiger charge is -2.34. The maximum atomic E-state index is 10.4.